The van der Waals surface area contributed by atoms with Crippen LogP contribution in [0.4, 0.5) is 0 Å². The molecular formula is C91H97N10+5. The van der Waals surface area contributed by atoms with Gasteiger partial charge in [-0.15, -0.1) is 0 Å². The Morgan fingerprint density at radius 3 is 1.12 bits per heavy atom. The molecule has 101 heavy (non-hydrogen) atoms. The van der Waals surface area contributed by atoms with Gasteiger partial charge >= 0.3 is 0 Å². The van der Waals surface area contributed by atoms with Crippen molar-refractivity contribution in [2.24, 2.45) is 47.1 Å². The van der Waals surface area contributed by atoms with E-state index in [0.717, 1.165) is 51.5 Å². The van der Waals surface area contributed by atoms with Crippen molar-refractivity contribution >= 4 is 55.0 Å². The molecule has 0 fully saturated rings. The number of benzene rings is 6. The third-order valence-electron chi connectivity index (χ3n) is 19.2. The Morgan fingerprint density at radius 1 is 0.287 bits per heavy atom. The van der Waals surface area contributed by atoms with Crippen LogP contribution in [0.2, 0.25) is 0 Å². The van der Waals surface area contributed by atoms with Gasteiger partial charge in [-0.3, -0.25) is 4.98 Å². The fourth-order valence-corrected chi connectivity index (χ4v) is 13.5. The molecule has 0 amide bonds. The van der Waals surface area contributed by atoms with Gasteiger partial charge in [0.2, 0.25) is 56.1 Å². The maximum atomic E-state index is 4.66. The van der Waals surface area contributed by atoms with E-state index in [1.54, 1.807) is 0 Å². The lowest BCUT2D eigenvalue weighted by molar-refractivity contribution is -0.634. The Bertz CT molecular complexity index is 5170. The average molecular weight is 1330 g/mol. The van der Waals surface area contributed by atoms with Gasteiger partial charge in [-0.05, 0) is 176 Å². The summed E-state index contributed by atoms with van der Waals surface area (Å²) in [5, 5.41) is 1.16. The molecule has 0 radical (unpaired) electrons. The van der Waals surface area contributed by atoms with Gasteiger partial charge in [0.1, 0.15) is 63.5 Å². The van der Waals surface area contributed by atoms with Crippen LogP contribution in [0.5, 0.6) is 0 Å². The van der Waals surface area contributed by atoms with E-state index in [-0.39, 0.29) is 0 Å². The van der Waals surface area contributed by atoms with E-state index in [0.29, 0.717) is 17.8 Å². The van der Waals surface area contributed by atoms with Crippen LogP contribution in [-0.2, 0) is 48.1 Å². The highest BCUT2D eigenvalue weighted by Crippen LogP contribution is 2.28. The molecule has 10 nitrogen and oxygen atoms in total. The number of rotatable bonds is 10. The highest BCUT2D eigenvalue weighted by molar-refractivity contribution is 5.79. The Morgan fingerprint density at radius 2 is 0.653 bits per heavy atom. The van der Waals surface area contributed by atoms with Gasteiger partial charge in [0, 0.05) is 108 Å². The first-order chi connectivity index (χ1) is 48.7. The van der Waals surface area contributed by atoms with Crippen molar-refractivity contribution in [3.63, 3.8) is 0 Å². The lowest BCUT2D eigenvalue weighted by atomic mass is 10.0. The maximum absolute atomic E-state index is 4.66. The predicted octanol–water partition coefficient (Wildman–Crippen LogP) is 18.7. The van der Waals surface area contributed by atoms with Crippen molar-refractivity contribution in [1.82, 2.24) is 24.9 Å². The summed E-state index contributed by atoms with van der Waals surface area (Å²) in [7, 11) is 10.6. The van der Waals surface area contributed by atoms with E-state index in [9.17, 15) is 0 Å². The van der Waals surface area contributed by atoms with Crippen molar-refractivity contribution in [2.45, 2.75) is 94.9 Å². The Labute approximate surface area is 597 Å². The monoisotopic (exact) mass is 1330 g/mol. The lowest BCUT2D eigenvalue weighted by Gasteiger charge is -2.08. The second-order valence-corrected chi connectivity index (χ2v) is 27.8. The zero-order valence-corrected chi connectivity index (χ0v) is 61.9. The minimum absolute atomic E-state index is 0.490. The second-order valence-electron chi connectivity index (χ2n) is 27.8. The summed E-state index contributed by atoms with van der Waals surface area (Å²) < 4.78 is 11.2. The van der Waals surface area contributed by atoms with Gasteiger partial charge in [0.25, 0.3) is 0 Å². The average Bonchev–Trinajstić information content (AvgIpc) is 0.810. The van der Waals surface area contributed by atoms with Gasteiger partial charge in [-0.1, -0.05) is 139 Å². The molecule has 0 spiro atoms. The molecule has 0 aliphatic carbocycles. The Kier molecular flexibility index (Phi) is 22.7. The first-order valence-corrected chi connectivity index (χ1v) is 35.3. The topological polar surface area (TPSA) is 83.8 Å². The minimum atomic E-state index is 0.490. The summed E-state index contributed by atoms with van der Waals surface area (Å²) >= 11 is 0. The van der Waals surface area contributed by atoms with Crippen LogP contribution in [0.15, 0.2) is 256 Å². The molecule has 0 saturated heterocycles. The molecule has 9 heterocycles. The molecule has 10 heteroatoms. The number of pyridine rings is 8. The molecule has 0 N–H and O–H groups in total. The van der Waals surface area contributed by atoms with Gasteiger partial charge in [0.15, 0.2) is 0 Å². The van der Waals surface area contributed by atoms with Gasteiger partial charge in [-0.25, -0.2) is 19.9 Å². The normalized spacial score (nSPS) is 11.1. The first-order valence-electron chi connectivity index (χ1n) is 35.3. The van der Waals surface area contributed by atoms with Crippen LogP contribution in [0.1, 0.15) is 92.0 Å². The molecular weight excluding hydrogens is 1230 g/mol. The van der Waals surface area contributed by atoms with Crippen LogP contribution in [0.25, 0.3) is 111 Å². The van der Waals surface area contributed by atoms with Gasteiger partial charge < -0.3 is 0 Å². The van der Waals surface area contributed by atoms with Crippen LogP contribution >= 0.6 is 0 Å². The highest BCUT2D eigenvalue weighted by Gasteiger charge is 2.22. The largest absolute Gasteiger partial charge is 0.264 e. The first kappa shape index (κ1) is 71.2. The minimum Gasteiger partial charge on any atom is -0.264 e. The van der Waals surface area contributed by atoms with E-state index in [1.807, 2.05) is 43.2 Å². The lowest BCUT2D eigenvalue weighted by Crippen LogP contribution is -2.32. The maximum Gasteiger partial charge on any atom is 0.231 e. The summed E-state index contributed by atoms with van der Waals surface area (Å²) in [5.74, 6) is 1.79. The molecule has 6 aromatic carbocycles. The molecule has 0 aliphatic heterocycles. The van der Waals surface area contributed by atoms with Crippen molar-refractivity contribution < 1.29 is 22.8 Å². The standard InChI is InChI=1S/2C20H23N2.C19H21N2.2C16H15N2/c1-14(2)11-16-12-20-18(21-13-16)9-10-19(22(20)4)17-8-6-5-7-15(17)3;1-14(2)11-16-9-10-18-19(12-16)22(4)20(13-21-18)17-8-6-5-7-15(17)3;1-13(2)15-11-19-17(20-12-15)9-10-18(21(19)4)16-8-6-5-7-14(16)3;1-12-6-3-4-7-13(12)15-10-9-14-16(18(15)2)8-5-11-17-14;1-12-5-3-4-6-14(12)16-8-7-13-11-17-10-9-15(13)18(16)2/h2*5-10,12-14H,11H2,1-4H3;5-13H,1-4H3;2*3-11H,1-2H3/q5*+1. The molecule has 9 aromatic heterocycles. The van der Waals surface area contributed by atoms with Crippen LogP contribution in [0, 0.1) is 46.5 Å². The van der Waals surface area contributed by atoms with Crippen molar-refractivity contribution in [1.29, 1.82) is 0 Å². The summed E-state index contributed by atoms with van der Waals surface area (Å²) in [6, 6.07) is 76.8. The van der Waals surface area contributed by atoms with E-state index in [4.69, 9.17) is 0 Å². The molecule has 15 aromatic rings. The molecule has 0 atom stereocenters. The number of hydrogen-bond donors (Lipinski definition) is 0. The number of hydrogen-bond acceptors (Lipinski definition) is 5. The highest BCUT2D eigenvalue weighted by atomic mass is 15.0. The number of aromatic nitrogens is 10. The SMILES string of the molecule is Cc1ccccc1-c1ccc2cnccc2[n+]1C.Cc1ccccc1-c1ccc2ncc(C(C)C)cc2[n+]1C.Cc1ccccc1-c1ccc2ncc(CC(C)C)cc2[n+]1C.Cc1ccccc1-c1ccc2ncccc2[n+]1C.Cc1ccccc1-c1cnc2ccc(CC(C)C)cc2[n+]1C. The van der Waals surface area contributed by atoms with E-state index in [1.165, 1.54) is 117 Å². The molecule has 15 rings (SSSR count). The molecule has 506 valence electrons. The summed E-state index contributed by atoms with van der Waals surface area (Å²) in [5.41, 5.74) is 32.9. The molecule has 0 aliphatic rings. The Hall–Kier alpha value is -11.1. The van der Waals surface area contributed by atoms with E-state index < -0.39 is 0 Å². The number of fused-ring (bicyclic) bond motifs is 5. The van der Waals surface area contributed by atoms with Crippen molar-refractivity contribution in [3.8, 4) is 56.3 Å². The molecule has 0 saturated carbocycles. The predicted molar refractivity (Wildman–Crippen MR) is 417 cm³/mol. The van der Waals surface area contributed by atoms with Crippen LogP contribution in [-0.4, -0.2) is 24.9 Å². The summed E-state index contributed by atoms with van der Waals surface area (Å²) in [6.07, 6.45) is 13.7. The van der Waals surface area contributed by atoms with Crippen molar-refractivity contribution in [2.75, 3.05) is 0 Å². The summed E-state index contributed by atoms with van der Waals surface area (Å²) in [4.78, 5) is 22.4. The molecule has 0 unspecified atom stereocenters. The van der Waals surface area contributed by atoms with Crippen LogP contribution in [0.3, 0.4) is 0 Å². The van der Waals surface area contributed by atoms with Gasteiger partial charge in [0.05, 0.1) is 10.9 Å². The smallest absolute Gasteiger partial charge is 0.231 e. The molecule has 0 bridgehead atoms. The number of aryl methyl sites for hydroxylation is 10. The zero-order valence-electron chi connectivity index (χ0n) is 61.9. The third-order valence-corrected chi connectivity index (χ3v) is 19.2. The van der Waals surface area contributed by atoms with E-state index >= 15 is 0 Å². The fourth-order valence-electron chi connectivity index (χ4n) is 13.5. The third kappa shape index (κ3) is 16.5. The van der Waals surface area contributed by atoms with Gasteiger partial charge in [-0.2, -0.15) is 22.8 Å². The Balaban J connectivity index is 0.000000127. The van der Waals surface area contributed by atoms with E-state index in [2.05, 4.69) is 371 Å². The quantitative estimate of drug-likeness (QED) is 0.127. The zero-order chi connectivity index (χ0) is 71.4. The summed E-state index contributed by atoms with van der Waals surface area (Å²) in [6.45, 7) is 24.2. The van der Waals surface area contributed by atoms with Crippen molar-refractivity contribution in [3.05, 3.63) is 300 Å². The van der Waals surface area contributed by atoms with Crippen LogP contribution < -0.4 is 22.8 Å². The number of nitrogens with zero attached hydrogens (tertiary/aromatic N) is 10. The fraction of sp³-hybridized carbons (Fsp3) is 0.231. The second kappa shape index (κ2) is 32.3.